The first kappa shape index (κ1) is 12.7. The minimum atomic E-state index is -0.0254. The van der Waals surface area contributed by atoms with Gasteiger partial charge in [0.25, 0.3) is 0 Å². The molecule has 2 nitrogen and oxygen atoms in total. The molecule has 0 spiro atoms. The van der Waals surface area contributed by atoms with Crippen LogP contribution in [0.3, 0.4) is 0 Å². The van der Waals surface area contributed by atoms with Gasteiger partial charge in [-0.25, -0.2) is 0 Å². The summed E-state index contributed by atoms with van der Waals surface area (Å²) in [6.07, 6.45) is 2.08. The molecule has 0 aliphatic carbocycles. The number of ether oxygens (including phenoxy) is 1. The van der Waals surface area contributed by atoms with Crippen molar-refractivity contribution in [2.45, 2.75) is 45.3 Å². The number of aryl methyl sites for hydroxylation is 1. The zero-order chi connectivity index (χ0) is 12.5. The average molecular weight is 254 g/mol. The summed E-state index contributed by atoms with van der Waals surface area (Å²) in [5, 5.41) is 4.36. The summed E-state index contributed by atoms with van der Waals surface area (Å²) >= 11 is 6.03. The van der Waals surface area contributed by atoms with Gasteiger partial charge in [-0.2, -0.15) is 0 Å². The molecular weight excluding hydrogens is 234 g/mol. The highest BCUT2D eigenvalue weighted by Gasteiger charge is 2.28. The highest BCUT2D eigenvalue weighted by atomic mass is 35.5. The van der Waals surface area contributed by atoms with Crippen molar-refractivity contribution in [1.29, 1.82) is 0 Å². The Balaban J connectivity index is 2.07. The second-order valence-corrected chi connectivity index (χ2v) is 5.84. The Bertz CT molecular complexity index is 403. The van der Waals surface area contributed by atoms with E-state index in [1.54, 1.807) is 0 Å². The number of hydrogen-bond acceptors (Lipinski definition) is 2. The summed E-state index contributed by atoms with van der Waals surface area (Å²) in [5.74, 6) is 0. The zero-order valence-electron chi connectivity index (χ0n) is 10.7. The summed E-state index contributed by atoms with van der Waals surface area (Å²) in [5.41, 5.74) is 2.35. The number of hydrogen-bond donors (Lipinski definition) is 1. The zero-order valence-corrected chi connectivity index (χ0v) is 11.5. The van der Waals surface area contributed by atoms with E-state index in [1.165, 1.54) is 5.56 Å². The number of rotatable bonds is 2. The maximum absolute atomic E-state index is 6.03. The van der Waals surface area contributed by atoms with Crippen molar-refractivity contribution in [2.75, 3.05) is 11.9 Å². The second kappa shape index (κ2) is 4.87. The molecule has 1 fully saturated rings. The van der Waals surface area contributed by atoms with Gasteiger partial charge in [-0.05, 0) is 51.3 Å². The van der Waals surface area contributed by atoms with Crippen LogP contribution in [0, 0.1) is 6.92 Å². The molecule has 1 aliphatic rings. The lowest BCUT2D eigenvalue weighted by Gasteiger charge is -2.36. The van der Waals surface area contributed by atoms with Crippen LogP contribution in [0.15, 0.2) is 18.2 Å². The van der Waals surface area contributed by atoms with E-state index in [-0.39, 0.29) is 5.60 Å². The highest BCUT2D eigenvalue weighted by Crippen LogP contribution is 2.28. The standard InChI is InChI=1S/C14H20ClNO/c1-10-4-5-11(15)8-13(10)16-12-6-7-17-14(2,3)9-12/h4-5,8,12,16H,6-7,9H2,1-3H3. The van der Waals surface area contributed by atoms with Crippen LogP contribution in [0.25, 0.3) is 0 Å². The van der Waals surface area contributed by atoms with E-state index in [9.17, 15) is 0 Å². The van der Waals surface area contributed by atoms with E-state index in [0.29, 0.717) is 6.04 Å². The summed E-state index contributed by atoms with van der Waals surface area (Å²) in [6, 6.07) is 6.45. The molecule has 1 aromatic rings. The van der Waals surface area contributed by atoms with Crippen LogP contribution in [0.5, 0.6) is 0 Å². The molecule has 1 unspecified atom stereocenters. The van der Waals surface area contributed by atoms with E-state index in [0.717, 1.165) is 30.2 Å². The van der Waals surface area contributed by atoms with Gasteiger partial charge in [0.15, 0.2) is 0 Å². The molecule has 1 aliphatic heterocycles. The fraction of sp³-hybridized carbons (Fsp3) is 0.571. The maximum Gasteiger partial charge on any atom is 0.0646 e. The van der Waals surface area contributed by atoms with Gasteiger partial charge in [-0.1, -0.05) is 17.7 Å². The predicted octanol–water partition coefficient (Wildman–Crippen LogP) is 4.02. The third-order valence-electron chi connectivity index (χ3n) is 3.26. The van der Waals surface area contributed by atoms with Crippen LogP contribution in [0.1, 0.15) is 32.3 Å². The van der Waals surface area contributed by atoms with Crippen LogP contribution in [-0.2, 0) is 4.74 Å². The first-order valence-corrected chi connectivity index (χ1v) is 6.51. The number of benzene rings is 1. The molecule has 0 amide bonds. The van der Waals surface area contributed by atoms with Crippen LogP contribution >= 0.6 is 11.6 Å². The van der Waals surface area contributed by atoms with Crippen molar-refractivity contribution in [3.05, 3.63) is 28.8 Å². The Morgan fingerprint density at radius 1 is 1.41 bits per heavy atom. The van der Waals surface area contributed by atoms with E-state index < -0.39 is 0 Å². The fourth-order valence-corrected chi connectivity index (χ4v) is 2.50. The summed E-state index contributed by atoms with van der Waals surface area (Å²) in [4.78, 5) is 0. The molecule has 17 heavy (non-hydrogen) atoms. The SMILES string of the molecule is Cc1ccc(Cl)cc1NC1CCOC(C)(C)C1. The van der Waals surface area contributed by atoms with Crippen molar-refractivity contribution >= 4 is 17.3 Å². The molecule has 1 atom stereocenters. The first-order chi connectivity index (χ1) is 7.96. The average Bonchev–Trinajstić information content (AvgIpc) is 2.22. The molecule has 1 N–H and O–H groups in total. The van der Waals surface area contributed by atoms with Crippen molar-refractivity contribution in [1.82, 2.24) is 0 Å². The van der Waals surface area contributed by atoms with Gasteiger partial charge in [0.05, 0.1) is 5.60 Å². The highest BCUT2D eigenvalue weighted by molar-refractivity contribution is 6.30. The van der Waals surface area contributed by atoms with Gasteiger partial charge in [-0.3, -0.25) is 0 Å². The van der Waals surface area contributed by atoms with Crippen LogP contribution < -0.4 is 5.32 Å². The Morgan fingerprint density at radius 3 is 2.88 bits per heavy atom. The van der Waals surface area contributed by atoms with Crippen LogP contribution in [0.4, 0.5) is 5.69 Å². The third kappa shape index (κ3) is 3.36. The van der Waals surface area contributed by atoms with E-state index >= 15 is 0 Å². The van der Waals surface area contributed by atoms with Gasteiger partial charge in [0.2, 0.25) is 0 Å². The summed E-state index contributed by atoms with van der Waals surface area (Å²) in [6.45, 7) is 7.21. The lowest BCUT2D eigenvalue weighted by atomic mass is 9.93. The third-order valence-corrected chi connectivity index (χ3v) is 3.49. The predicted molar refractivity (Wildman–Crippen MR) is 72.9 cm³/mol. The molecule has 0 saturated carbocycles. The van der Waals surface area contributed by atoms with Crippen molar-refractivity contribution < 1.29 is 4.74 Å². The number of halogens is 1. The number of nitrogens with one attached hydrogen (secondary N) is 1. The van der Waals surface area contributed by atoms with E-state index in [1.807, 2.05) is 12.1 Å². The summed E-state index contributed by atoms with van der Waals surface area (Å²) in [7, 11) is 0. The lowest BCUT2D eigenvalue weighted by Crippen LogP contribution is -2.40. The minimum absolute atomic E-state index is 0.0254. The quantitative estimate of drug-likeness (QED) is 0.860. The Morgan fingerprint density at radius 2 is 2.18 bits per heavy atom. The largest absolute Gasteiger partial charge is 0.382 e. The maximum atomic E-state index is 6.03. The van der Waals surface area contributed by atoms with Gasteiger partial charge in [0.1, 0.15) is 0 Å². The normalized spacial score (nSPS) is 23.4. The Labute approximate surface area is 108 Å². The Kier molecular flexibility index (Phi) is 3.64. The van der Waals surface area contributed by atoms with Crippen LogP contribution in [-0.4, -0.2) is 18.2 Å². The molecule has 0 aromatic heterocycles. The monoisotopic (exact) mass is 253 g/mol. The van der Waals surface area contributed by atoms with Gasteiger partial charge < -0.3 is 10.1 Å². The van der Waals surface area contributed by atoms with Crippen molar-refractivity contribution in [3.8, 4) is 0 Å². The molecule has 3 heteroatoms. The van der Waals surface area contributed by atoms with Gasteiger partial charge in [0, 0.05) is 23.4 Å². The second-order valence-electron chi connectivity index (χ2n) is 5.40. The molecule has 1 heterocycles. The molecule has 94 valence electrons. The minimum Gasteiger partial charge on any atom is -0.382 e. The van der Waals surface area contributed by atoms with E-state index in [4.69, 9.17) is 16.3 Å². The molecule has 0 radical (unpaired) electrons. The first-order valence-electron chi connectivity index (χ1n) is 6.13. The Hall–Kier alpha value is -0.730. The molecule has 1 saturated heterocycles. The number of anilines is 1. The van der Waals surface area contributed by atoms with Gasteiger partial charge in [-0.15, -0.1) is 0 Å². The molecular formula is C14H20ClNO. The topological polar surface area (TPSA) is 21.3 Å². The molecule has 2 rings (SSSR count). The van der Waals surface area contributed by atoms with Crippen molar-refractivity contribution in [3.63, 3.8) is 0 Å². The smallest absolute Gasteiger partial charge is 0.0646 e. The fourth-order valence-electron chi connectivity index (χ4n) is 2.32. The summed E-state index contributed by atoms with van der Waals surface area (Å²) < 4.78 is 5.72. The van der Waals surface area contributed by atoms with Gasteiger partial charge >= 0.3 is 0 Å². The van der Waals surface area contributed by atoms with Crippen molar-refractivity contribution in [2.24, 2.45) is 0 Å². The lowest BCUT2D eigenvalue weighted by molar-refractivity contribution is -0.0553. The molecule has 1 aromatic carbocycles. The van der Waals surface area contributed by atoms with Crippen LogP contribution in [0.2, 0.25) is 5.02 Å². The molecule has 0 bridgehead atoms. The van der Waals surface area contributed by atoms with E-state index in [2.05, 4.69) is 32.2 Å².